The first-order valence-electron chi connectivity index (χ1n) is 17.4. The molecule has 0 bridgehead atoms. The molecule has 1 heterocycles. The average molecular weight is 633 g/mol. The van der Waals surface area contributed by atoms with Gasteiger partial charge in [-0.1, -0.05) is 53.2 Å². The number of fused-ring (bicyclic) bond motifs is 7. The fourth-order valence-corrected chi connectivity index (χ4v) is 12.5. The van der Waals surface area contributed by atoms with E-state index in [0.29, 0.717) is 31.6 Å². The van der Waals surface area contributed by atoms with Gasteiger partial charge in [0.25, 0.3) is 0 Å². The number of allylic oxidation sites excluding steroid dienone is 1. The van der Waals surface area contributed by atoms with Crippen molar-refractivity contribution in [2.45, 2.75) is 143 Å². The van der Waals surface area contributed by atoms with Gasteiger partial charge in [-0.05, 0) is 111 Å². The SMILES string of the molecule is C[C@H]1[C@H](C)CC[C@]2(C(=O)O)CC[C@]3(C(=O)O)C(=CC[C@@H]4[C@@]5(C)CC[C@H](O[C@@H]6O[C@H](C)[C@H](O)[C@H](O)[C@H]6O)C(C)(C)[C@H]5CC[C@]43C)[C@@H]12. The normalized spacial score (nSPS) is 54.0. The van der Waals surface area contributed by atoms with Gasteiger partial charge >= 0.3 is 11.9 Å². The highest BCUT2D eigenvalue weighted by atomic mass is 16.7. The molecule has 45 heavy (non-hydrogen) atoms. The maximum Gasteiger partial charge on any atom is 0.314 e. The highest BCUT2D eigenvalue weighted by Crippen LogP contribution is 2.76. The molecule has 254 valence electrons. The number of hydrogen-bond donors (Lipinski definition) is 5. The van der Waals surface area contributed by atoms with Gasteiger partial charge in [-0.3, -0.25) is 9.59 Å². The number of rotatable bonds is 4. The van der Waals surface area contributed by atoms with E-state index in [-0.39, 0.29) is 40.6 Å². The Hall–Kier alpha value is -1.52. The van der Waals surface area contributed by atoms with Crippen LogP contribution in [0.3, 0.4) is 0 Å². The first-order chi connectivity index (χ1) is 20.9. The summed E-state index contributed by atoms with van der Waals surface area (Å²) < 4.78 is 12.3. The molecule has 4 saturated carbocycles. The summed E-state index contributed by atoms with van der Waals surface area (Å²) in [6, 6.07) is 0. The number of carboxylic acid groups (broad SMARTS) is 2. The Kier molecular flexibility index (Phi) is 7.97. The Morgan fingerprint density at radius 1 is 0.822 bits per heavy atom. The highest BCUT2D eigenvalue weighted by Gasteiger charge is 2.73. The first-order valence-corrected chi connectivity index (χ1v) is 17.4. The molecule has 5 fully saturated rings. The zero-order valence-corrected chi connectivity index (χ0v) is 28.2. The van der Waals surface area contributed by atoms with E-state index >= 15 is 0 Å². The summed E-state index contributed by atoms with van der Waals surface area (Å²) in [5.74, 6) is -1.08. The van der Waals surface area contributed by atoms with Crippen LogP contribution in [-0.2, 0) is 19.1 Å². The molecule has 9 heteroatoms. The summed E-state index contributed by atoms with van der Waals surface area (Å²) in [6.07, 6.45) is 2.36. The quantitative estimate of drug-likeness (QED) is 0.213. The largest absolute Gasteiger partial charge is 0.481 e. The van der Waals surface area contributed by atoms with Crippen LogP contribution in [0.2, 0.25) is 0 Å². The average Bonchev–Trinajstić information content (AvgIpc) is 2.97. The number of aliphatic hydroxyl groups is 3. The number of aliphatic carboxylic acids is 2. The number of ether oxygens (including phenoxy) is 2. The minimum atomic E-state index is -1.36. The van der Waals surface area contributed by atoms with Crippen LogP contribution < -0.4 is 0 Å². The Labute approximate surface area is 267 Å². The van der Waals surface area contributed by atoms with Crippen LogP contribution in [0, 0.1) is 56.7 Å². The van der Waals surface area contributed by atoms with Crippen LogP contribution in [0.25, 0.3) is 0 Å². The first kappa shape index (κ1) is 33.4. The van der Waals surface area contributed by atoms with Gasteiger partial charge in [0, 0.05) is 0 Å². The number of hydrogen-bond acceptors (Lipinski definition) is 7. The molecule has 1 aliphatic heterocycles. The topological polar surface area (TPSA) is 154 Å². The summed E-state index contributed by atoms with van der Waals surface area (Å²) in [5.41, 5.74) is -2.13. The monoisotopic (exact) mass is 632 g/mol. The van der Waals surface area contributed by atoms with Crippen molar-refractivity contribution < 1.29 is 44.6 Å². The second kappa shape index (κ2) is 10.7. The second-order valence-corrected chi connectivity index (χ2v) is 17.2. The third-order valence-electron chi connectivity index (χ3n) is 15.3. The Morgan fingerprint density at radius 3 is 2.16 bits per heavy atom. The van der Waals surface area contributed by atoms with E-state index in [1.54, 1.807) is 6.92 Å². The molecular weight excluding hydrogens is 576 g/mol. The van der Waals surface area contributed by atoms with E-state index in [1.807, 2.05) is 0 Å². The zero-order valence-electron chi connectivity index (χ0n) is 28.2. The van der Waals surface area contributed by atoms with Crippen molar-refractivity contribution in [3.63, 3.8) is 0 Å². The van der Waals surface area contributed by atoms with Gasteiger partial charge in [0.2, 0.25) is 0 Å². The molecule has 0 radical (unpaired) electrons. The number of aliphatic hydroxyl groups excluding tert-OH is 3. The Morgan fingerprint density at radius 2 is 1.51 bits per heavy atom. The van der Waals surface area contributed by atoms with E-state index in [4.69, 9.17) is 9.47 Å². The smallest absolute Gasteiger partial charge is 0.314 e. The molecule has 15 atom stereocenters. The van der Waals surface area contributed by atoms with Gasteiger partial charge in [-0.25, -0.2) is 0 Å². The van der Waals surface area contributed by atoms with Gasteiger partial charge in [0.15, 0.2) is 6.29 Å². The molecular formula is C36H56O9. The molecule has 6 aliphatic rings. The van der Waals surface area contributed by atoms with Gasteiger partial charge in [0.1, 0.15) is 18.3 Å². The molecule has 0 unspecified atom stereocenters. The fourth-order valence-electron chi connectivity index (χ4n) is 12.5. The molecule has 5 N–H and O–H groups in total. The summed E-state index contributed by atoms with van der Waals surface area (Å²) in [7, 11) is 0. The van der Waals surface area contributed by atoms with Crippen LogP contribution in [0.1, 0.15) is 106 Å². The van der Waals surface area contributed by atoms with Gasteiger partial charge < -0.3 is 35.0 Å². The summed E-state index contributed by atoms with van der Waals surface area (Å²) in [5, 5.41) is 53.2. The molecule has 6 rings (SSSR count). The maximum absolute atomic E-state index is 13.8. The minimum absolute atomic E-state index is 0.0958. The number of carboxylic acids is 2. The summed E-state index contributed by atoms with van der Waals surface area (Å²) >= 11 is 0. The molecule has 0 aromatic heterocycles. The number of carbonyl (C=O) groups is 2. The van der Waals surface area contributed by atoms with Crippen molar-refractivity contribution in [3.05, 3.63) is 11.6 Å². The van der Waals surface area contributed by atoms with Crippen molar-refractivity contribution in [1.29, 1.82) is 0 Å². The van der Waals surface area contributed by atoms with Crippen molar-refractivity contribution in [2.75, 3.05) is 0 Å². The van der Waals surface area contributed by atoms with Crippen LogP contribution in [0.4, 0.5) is 0 Å². The lowest BCUT2D eigenvalue weighted by Gasteiger charge is -2.70. The van der Waals surface area contributed by atoms with Crippen molar-refractivity contribution in [2.24, 2.45) is 56.7 Å². The molecule has 0 spiro atoms. The van der Waals surface area contributed by atoms with Gasteiger partial charge in [-0.2, -0.15) is 0 Å². The lowest BCUT2D eigenvalue weighted by atomic mass is 9.33. The molecule has 5 aliphatic carbocycles. The van der Waals surface area contributed by atoms with Crippen molar-refractivity contribution >= 4 is 11.9 Å². The molecule has 0 aromatic carbocycles. The highest BCUT2D eigenvalue weighted by molar-refractivity contribution is 5.84. The molecule has 9 nitrogen and oxygen atoms in total. The molecule has 0 aromatic rings. The van der Waals surface area contributed by atoms with Crippen LogP contribution in [0.5, 0.6) is 0 Å². The maximum atomic E-state index is 13.8. The zero-order chi connectivity index (χ0) is 33.1. The summed E-state index contributed by atoms with van der Waals surface area (Å²) in [6.45, 7) is 15.0. The Bertz CT molecular complexity index is 1250. The predicted molar refractivity (Wildman–Crippen MR) is 166 cm³/mol. The molecule has 0 amide bonds. The second-order valence-electron chi connectivity index (χ2n) is 17.2. The lowest BCUT2D eigenvalue weighted by molar-refractivity contribution is -0.324. The molecule has 1 saturated heterocycles. The van der Waals surface area contributed by atoms with E-state index in [2.05, 4.69) is 47.6 Å². The van der Waals surface area contributed by atoms with E-state index < -0.39 is 58.9 Å². The van der Waals surface area contributed by atoms with E-state index in [9.17, 15) is 35.1 Å². The predicted octanol–water partition coefficient (Wildman–Crippen LogP) is 5.01. The Balaban J connectivity index is 1.35. The third kappa shape index (κ3) is 4.28. The van der Waals surface area contributed by atoms with Gasteiger partial charge in [0.05, 0.1) is 23.0 Å². The van der Waals surface area contributed by atoms with Crippen LogP contribution in [0.15, 0.2) is 11.6 Å². The minimum Gasteiger partial charge on any atom is -0.481 e. The van der Waals surface area contributed by atoms with Crippen molar-refractivity contribution in [1.82, 2.24) is 0 Å². The van der Waals surface area contributed by atoms with Crippen LogP contribution >= 0.6 is 0 Å². The van der Waals surface area contributed by atoms with E-state index in [1.165, 1.54) is 0 Å². The standard InChI is InChI=1S/C36H56O9/c1-18-10-15-35(30(40)41)16-17-36(31(42)43)21(25(35)19(18)2)8-9-23-33(6)13-12-24(32(4,5)22(33)11-14-34(23,36)7)45-29-28(39)27(38)26(37)20(3)44-29/h8,18-20,22-29,37-39H,9-17H2,1-7H3,(H,40,41)(H,42,43)/t18-,19+,20-,22-,23-,24+,25-,26+,27+,28-,29+,33+,34-,35+,36-/m1/s1. The van der Waals surface area contributed by atoms with Gasteiger partial charge in [-0.15, -0.1) is 0 Å². The lowest BCUT2D eigenvalue weighted by Crippen LogP contribution is -2.68. The fraction of sp³-hybridized carbons (Fsp3) is 0.889. The van der Waals surface area contributed by atoms with E-state index in [0.717, 1.165) is 37.7 Å². The van der Waals surface area contributed by atoms with Crippen LogP contribution in [-0.4, -0.2) is 74.3 Å². The summed E-state index contributed by atoms with van der Waals surface area (Å²) in [4.78, 5) is 26.8. The third-order valence-corrected chi connectivity index (χ3v) is 15.3. The van der Waals surface area contributed by atoms with Crippen molar-refractivity contribution in [3.8, 4) is 0 Å².